The third-order valence-electron chi connectivity index (χ3n) is 5.31. The van der Waals surface area contributed by atoms with Crippen LogP contribution in [-0.2, 0) is 9.53 Å². The van der Waals surface area contributed by atoms with Crippen molar-refractivity contribution in [3.63, 3.8) is 0 Å². The Morgan fingerprint density at radius 1 is 1.26 bits per heavy atom. The number of pyridine rings is 1. The summed E-state index contributed by atoms with van der Waals surface area (Å²) in [7, 11) is 1.35. The van der Waals surface area contributed by atoms with Crippen LogP contribution >= 0.6 is 0 Å². The topological polar surface area (TPSA) is 113 Å². The summed E-state index contributed by atoms with van der Waals surface area (Å²) >= 11 is 0. The van der Waals surface area contributed by atoms with Crippen LogP contribution in [0.3, 0.4) is 0 Å². The number of methoxy groups -OCH3 is 1. The Morgan fingerprint density at radius 3 is 2.74 bits per heavy atom. The molecule has 1 aromatic carbocycles. The SMILES string of the molecule is COC(=O)CC[C@@H]1N=C(c2ccccn2)c2cc([N+](=O)[O-])c(C)cc2-n2c(C)cnc21. The highest BCUT2D eigenvalue weighted by atomic mass is 16.6. The minimum atomic E-state index is -0.448. The van der Waals surface area contributed by atoms with Gasteiger partial charge in [0.25, 0.3) is 5.69 Å². The zero-order chi connectivity index (χ0) is 22.1. The van der Waals surface area contributed by atoms with Gasteiger partial charge in [-0.2, -0.15) is 0 Å². The Labute approximate surface area is 178 Å². The van der Waals surface area contributed by atoms with Gasteiger partial charge in [0.1, 0.15) is 11.9 Å². The zero-order valence-corrected chi connectivity index (χ0v) is 17.4. The van der Waals surface area contributed by atoms with Crippen LogP contribution in [0.4, 0.5) is 5.69 Å². The van der Waals surface area contributed by atoms with E-state index in [0.29, 0.717) is 34.8 Å². The fourth-order valence-electron chi connectivity index (χ4n) is 3.80. The van der Waals surface area contributed by atoms with Gasteiger partial charge in [0.2, 0.25) is 0 Å². The van der Waals surface area contributed by atoms with Crippen LogP contribution < -0.4 is 0 Å². The minimum absolute atomic E-state index is 0.00899. The molecule has 31 heavy (non-hydrogen) atoms. The molecule has 3 heterocycles. The maximum absolute atomic E-state index is 11.8. The van der Waals surface area contributed by atoms with Crippen LogP contribution in [-0.4, -0.2) is 38.2 Å². The van der Waals surface area contributed by atoms with E-state index in [-0.39, 0.29) is 18.1 Å². The lowest BCUT2D eigenvalue weighted by atomic mass is 10.0. The van der Waals surface area contributed by atoms with Gasteiger partial charge >= 0.3 is 5.97 Å². The number of aryl methyl sites for hydroxylation is 2. The maximum atomic E-state index is 11.8. The molecule has 2 aromatic heterocycles. The van der Waals surface area contributed by atoms with E-state index in [9.17, 15) is 14.9 Å². The highest BCUT2D eigenvalue weighted by molar-refractivity contribution is 6.14. The number of fused-ring (bicyclic) bond motifs is 3. The van der Waals surface area contributed by atoms with Gasteiger partial charge in [0, 0.05) is 41.7 Å². The van der Waals surface area contributed by atoms with E-state index in [1.54, 1.807) is 37.5 Å². The number of rotatable bonds is 5. The molecule has 0 saturated carbocycles. The molecule has 0 radical (unpaired) electrons. The van der Waals surface area contributed by atoms with Crippen molar-refractivity contribution in [3.05, 3.63) is 81.2 Å². The van der Waals surface area contributed by atoms with Gasteiger partial charge < -0.3 is 4.74 Å². The molecule has 0 fully saturated rings. The summed E-state index contributed by atoms with van der Waals surface area (Å²) in [6, 6.07) is 8.33. The zero-order valence-electron chi connectivity index (χ0n) is 17.4. The van der Waals surface area contributed by atoms with Crippen LogP contribution in [0, 0.1) is 24.0 Å². The van der Waals surface area contributed by atoms with Crippen molar-refractivity contribution in [2.75, 3.05) is 7.11 Å². The van der Waals surface area contributed by atoms with E-state index >= 15 is 0 Å². The predicted octanol–water partition coefficient (Wildman–Crippen LogP) is 3.64. The second kappa shape index (κ2) is 8.10. The average molecular weight is 419 g/mol. The number of nitro groups is 1. The first kappa shape index (κ1) is 20.4. The van der Waals surface area contributed by atoms with Gasteiger partial charge in [-0.25, -0.2) is 4.98 Å². The van der Waals surface area contributed by atoms with Gasteiger partial charge in [-0.1, -0.05) is 6.07 Å². The summed E-state index contributed by atoms with van der Waals surface area (Å²) < 4.78 is 6.75. The summed E-state index contributed by atoms with van der Waals surface area (Å²) in [6.07, 6.45) is 3.94. The fourth-order valence-corrected chi connectivity index (χ4v) is 3.80. The van der Waals surface area contributed by atoms with Crippen molar-refractivity contribution < 1.29 is 14.5 Å². The second-order valence-corrected chi connectivity index (χ2v) is 7.33. The Hall–Kier alpha value is -3.88. The molecule has 1 atom stereocenters. The van der Waals surface area contributed by atoms with Crippen molar-refractivity contribution in [3.8, 4) is 5.69 Å². The number of ether oxygens (including phenoxy) is 1. The molecule has 9 heteroatoms. The van der Waals surface area contributed by atoms with E-state index in [4.69, 9.17) is 9.73 Å². The molecule has 1 aliphatic heterocycles. The Kier molecular flexibility index (Phi) is 5.33. The predicted molar refractivity (Wildman–Crippen MR) is 114 cm³/mol. The fraction of sp³-hybridized carbons (Fsp3) is 0.273. The van der Waals surface area contributed by atoms with Crippen molar-refractivity contribution in [2.45, 2.75) is 32.7 Å². The monoisotopic (exact) mass is 419 g/mol. The first-order valence-electron chi connectivity index (χ1n) is 9.80. The molecule has 3 aromatic rings. The van der Waals surface area contributed by atoms with Crippen LogP contribution in [0.2, 0.25) is 0 Å². The molecular weight excluding hydrogens is 398 g/mol. The lowest BCUT2D eigenvalue weighted by Gasteiger charge is -2.15. The highest BCUT2D eigenvalue weighted by Crippen LogP contribution is 2.36. The molecule has 1 aliphatic rings. The van der Waals surface area contributed by atoms with E-state index in [2.05, 4.69) is 9.97 Å². The molecule has 0 aliphatic carbocycles. The number of imidazole rings is 1. The number of hydrogen-bond acceptors (Lipinski definition) is 7. The molecule has 9 nitrogen and oxygen atoms in total. The van der Waals surface area contributed by atoms with E-state index < -0.39 is 11.0 Å². The maximum Gasteiger partial charge on any atom is 0.305 e. The second-order valence-electron chi connectivity index (χ2n) is 7.33. The first-order valence-corrected chi connectivity index (χ1v) is 9.80. The number of carbonyl (C=O) groups is 1. The van der Waals surface area contributed by atoms with E-state index in [1.165, 1.54) is 7.11 Å². The third kappa shape index (κ3) is 3.70. The minimum Gasteiger partial charge on any atom is -0.469 e. The molecule has 0 bridgehead atoms. The molecule has 0 spiro atoms. The molecule has 0 N–H and O–H groups in total. The van der Waals surface area contributed by atoms with Gasteiger partial charge in [0.05, 0.1) is 29.1 Å². The van der Waals surface area contributed by atoms with Crippen molar-refractivity contribution >= 4 is 17.4 Å². The molecule has 158 valence electrons. The Balaban J connectivity index is 1.99. The number of aromatic nitrogens is 3. The Bertz CT molecular complexity index is 1200. The number of benzene rings is 1. The lowest BCUT2D eigenvalue weighted by molar-refractivity contribution is -0.385. The van der Waals surface area contributed by atoms with Gasteiger partial charge in [-0.05, 0) is 38.5 Å². The summed E-state index contributed by atoms with van der Waals surface area (Å²) in [4.78, 5) is 37.0. The number of hydrogen-bond donors (Lipinski definition) is 0. The Morgan fingerprint density at radius 2 is 2.06 bits per heavy atom. The van der Waals surface area contributed by atoms with Gasteiger partial charge in [0.15, 0.2) is 0 Å². The van der Waals surface area contributed by atoms with Crippen molar-refractivity contribution in [1.29, 1.82) is 0 Å². The first-order chi connectivity index (χ1) is 14.9. The van der Waals surface area contributed by atoms with Crippen LogP contribution in [0.15, 0.2) is 47.7 Å². The molecule has 0 unspecified atom stereocenters. The molecule has 0 amide bonds. The summed E-state index contributed by atoms with van der Waals surface area (Å²) in [6.45, 7) is 3.63. The van der Waals surface area contributed by atoms with Crippen LogP contribution in [0.25, 0.3) is 5.69 Å². The summed E-state index contributed by atoms with van der Waals surface area (Å²) in [5.41, 5.74) is 3.87. The van der Waals surface area contributed by atoms with Crippen LogP contribution in [0.1, 0.15) is 47.2 Å². The van der Waals surface area contributed by atoms with E-state index in [1.807, 2.05) is 23.6 Å². The number of aliphatic imine (C=N–C) groups is 1. The molecule has 0 saturated heterocycles. The van der Waals surface area contributed by atoms with E-state index in [0.717, 1.165) is 11.4 Å². The summed E-state index contributed by atoms with van der Waals surface area (Å²) in [5, 5.41) is 11.7. The third-order valence-corrected chi connectivity index (χ3v) is 5.31. The molecular formula is C22H21N5O4. The quantitative estimate of drug-likeness (QED) is 0.354. The van der Waals surface area contributed by atoms with Crippen molar-refractivity contribution in [1.82, 2.24) is 14.5 Å². The molecule has 4 rings (SSSR count). The largest absolute Gasteiger partial charge is 0.469 e. The standard InChI is InChI=1S/C22H21N5O4/c1-13-10-19-15(11-18(13)27(29)30)21(16-6-4-5-9-23-16)25-17(7-8-20(28)31-3)22-24-12-14(2)26(19)22/h4-6,9-12,17H,7-8H2,1-3H3/t17-/m0/s1. The van der Waals surface area contributed by atoms with Gasteiger partial charge in [-0.3, -0.25) is 29.5 Å². The van der Waals surface area contributed by atoms with Gasteiger partial charge in [-0.15, -0.1) is 0 Å². The number of nitro benzene ring substituents is 1. The normalized spacial score (nSPS) is 14.8. The number of esters is 1. The highest BCUT2D eigenvalue weighted by Gasteiger charge is 2.30. The summed E-state index contributed by atoms with van der Waals surface area (Å²) in [5.74, 6) is 0.333. The number of carbonyl (C=O) groups excluding carboxylic acids is 1. The number of nitrogens with zero attached hydrogens (tertiary/aromatic N) is 5. The average Bonchev–Trinajstić information content (AvgIpc) is 3.08. The van der Waals surface area contributed by atoms with Crippen molar-refractivity contribution in [2.24, 2.45) is 4.99 Å². The lowest BCUT2D eigenvalue weighted by Crippen LogP contribution is -2.11. The van der Waals surface area contributed by atoms with Crippen LogP contribution in [0.5, 0.6) is 0 Å². The smallest absolute Gasteiger partial charge is 0.305 e.